The molecule has 0 aromatic rings. The van der Waals surface area contributed by atoms with Crippen LogP contribution >= 0.6 is 0 Å². The molecule has 1 aliphatic heterocycles. The van der Waals surface area contributed by atoms with Gasteiger partial charge in [0.05, 0.1) is 6.10 Å². The molecular formula is C12H24N2O. The van der Waals surface area contributed by atoms with Crippen molar-refractivity contribution in [3.05, 3.63) is 0 Å². The maximum Gasteiger partial charge on any atom is 0.0791 e. The highest BCUT2D eigenvalue weighted by Crippen LogP contribution is 2.19. The molecule has 3 nitrogen and oxygen atoms in total. The molecular weight excluding hydrogens is 188 g/mol. The highest BCUT2D eigenvalue weighted by Gasteiger charge is 2.24. The predicted molar refractivity (Wildman–Crippen MR) is 61.9 cm³/mol. The van der Waals surface area contributed by atoms with E-state index < -0.39 is 0 Å². The van der Waals surface area contributed by atoms with Crippen molar-refractivity contribution >= 4 is 0 Å². The predicted octanol–water partition coefficient (Wildman–Crippen LogP) is 0.974. The summed E-state index contributed by atoms with van der Waals surface area (Å²) >= 11 is 0. The number of aliphatic hydroxyl groups excluding tert-OH is 1. The second-order valence-corrected chi connectivity index (χ2v) is 5.18. The average Bonchev–Trinajstić information content (AvgIpc) is 3.02. The highest BCUT2D eigenvalue weighted by molar-refractivity contribution is 4.83. The van der Waals surface area contributed by atoms with E-state index in [9.17, 15) is 5.11 Å². The van der Waals surface area contributed by atoms with Crippen LogP contribution in [0, 0.1) is 0 Å². The summed E-state index contributed by atoms with van der Waals surface area (Å²) in [6.07, 6.45) is 6.36. The van der Waals surface area contributed by atoms with Crippen LogP contribution < -0.4 is 5.32 Å². The number of piperidine rings is 1. The smallest absolute Gasteiger partial charge is 0.0791 e. The first-order valence-corrected chi connectivity index (χ1v) is 6.41. The van der Waals surface area contributed by atoms with E-state index in [4.69, 9.17) is 0 Å². The molecule has 0 aromatic carbocycles. The van der Waals surface area contributed by atoms with E-state index >= 15 is 0 Å². The Hall–Kier alpha value is -0.120. The molecule has 1 heterocycles. The minimum atomic E-state index is -0.189. The third-order valence-corrected chi connectivity index (χ3v) is 3.61. The quantitative estimate of drug-likeness (QED) is 0.713. The number of nitrogens with one attached hydrogen (secondary N) is 1. The monoisotopic (exact) mass is 212 g/mol. The Balaban J connectivity index is 1.64. The third-order valence-electron chi connectivity index (χ3n) is 3.61. The first-order chi connectivity index (χ1) is 7.25. The molecule has 1 saturated carbocycles. The number of hydrogen-bond acceptors (Lipinski definition) is 3. The standard InChI is InChI=1S/C12H24N2O/c1-10-4-2-3-7-14(10)9-12(15)8-13-11-5-6-11/h10-13,15H,2-9H2,1H3/t10-,12-/m0/s1. The maximum absolute atomic E-state index is 9.89. The molecule has 0 radical (unpaired) electrons. The Kier molecular flexibility index (Phi) is 4.00. The second kappa shape index (κ2) is 5.28. The molecule has 1 saturated heterocycles. The fraction of sp³-hybridized carbons (Fsp3) is 1.00. The van der Waals surface area contributed by atoms with Crippen LogP contribution in [0.4, 0.5) is 0 Å². The molecule has 0 bridgehead atoms. The molecule has 2 rings (SSSR count). The van der Waals surface area contributed by atoms with E-state index in [1.807, 2.05) is 0 Å². The number of hydrogen-bond donors (Lipinski definition) is 2. The second-order valence-electron chi connectivity index (χ2n) is 5.18. The van der Waals surface area contributed by atoms with Gasteiger partial charge in [-0.25, -0.2) is 0 Å². The van der Waals surface area contributed by atoms with Gasteiger partial charge in [0, 0.05) is 25.2 Å². The molecule has 88 valence electrons. The van der Waals surface area contributed by atoms with Gasteiger partial charge in [0.2, 0.25) is 0 Å². The molecule has 0 spiro atoms. The summed E-state index contributed by atoms with van der Waals surface area (Å²) in [7, 11) is 0. The lowest BCUT2D eigenvalue weighted by molar-refractivity contribution is 0.0730. The van der Waals surface area contributed by atoms with Crippen LogP contribution in [0.15, 0.2) is 0 Å². The van der Waals surface area contributed by atoms with Crippen molar-refractivity contribution in [3.63, 3.8) is 0 Å². The van der Waals surface area contributed by atoms with Gasteiger partial charge in [-0.3, -0.25) is 4.90 Å². The van der Waals surface area contributed by atoms with Crippen molar-refractivity contribution in [2.75, 3.05) is 19.6 Å². The van der Waals surface area contributed by atoms with Crippen LogP contribution in [-0.4, -0.2) is 47.8 Å². The minimum absolute atomic E-state index is 0.189. The molecule has 0 aromatic heterocycles. The van der Waals surface area contributed by atoms with E-state index in [1.54, 1.807) is 0 Å². The molecule has 2 N–H and O–H groups in total. The molecule has 15 heavy (non-hydrogen) atoms. The molecule has 2 aliphatic rings. The number of β-amino-alcohol motifs (C(OH)–C–C–N with tert-alkyl or cyclic N) is 1. The van der Waals surface area contributed by atoms with Crippen LogP contribution in [0.1, 0.15) is 39.0 Å². The van der Waals surface area contributed by atoms with Crippen LogP contribution in [0.5, 0.6) is 0 Å². The highest BCUT2D eigenvalue weighted by atomic mass is 16.3. The zero-order valence-corrected chi connectivity index (χ0v) is 9.78. The van der Waals surface area contributed by atoms with E-state index in [0.717, 1.165) is 13.1 Å². The van der Waals surface area contributed by atoms with Crippen molar-refractivity contribution < 1.29 is 5.11 Å². The fourth-order valence-electron chi connectivity index (χ4n) is 2.35. The van der Waals surface area contributed by atoms with Crippen molar-refractivity contribution in [1.29, 1.82) is 0 Å². The van der Waals surface area contributed by atoms with Gasteiger partial charge in [0.1, 0.15) is 0 Å². The normalized spacial score (nSPS) is 30.4. The van der Waals surface area contributed by atoms with Crippen molar-refractivity contribution in [1.82, 2.24) is 10.2 Å². The summed E-state index contributed by atoms with van der Waals surface area (Å²) < 4.78 is 0. The molecule has 1 aliphatic carbocycles. The summed E-state index contributed by atoms with van der Waals surface area (Å²) in [4.78, 5) is 2.43. The van der Waals surface area contributed by atoms with E-state index in [-0.39, 0.29) is 6.10 Å². The molecule has 0 amide bonds. The first-order valence-electron chi connectivity index (χ1n) is 6.41. The van der Waals surface area contributed by atoms with Crippen molar-refractivity contribution in [2.24, 2.45) is 0 Å². The van der Waals surface area contributed by atoms with Gasteiger partial charge in [-0.2, -0.15) is 0 Å². The Morgan fingerprint density at radius 2 is 2.13 bits per heavy atom. The minimum Gasteiger partial charge on any atom is -0.390 e. The van der Waals surface area contributed by atoms with E-state index in [0.29, 0.717) is 12.1 Å². The van der Waals surface area contributed by atoms with Gasteiger partial charge >= 0.3 is 0 Å². The Morgan fingerprint density at radius 3 is 2.80 bits per heavy atom. The molecule has 2 fully saturated rings. The largest absolute Gasteiger partial charge is 0.390 e. The average molecular weight is 212 g/mol. The SMILES string of the molecule is C[C@H]1CCCCN1C[C@@H](O)CNC1CC1. The van der Waals surface area contributed by atoms with Gasteiger partial charge in [-0.05, 0) is 39.2 Å². The summed E-state index contributed by atoms with van der Waals surface area (Å²) in [5.74, 6) is 0. The number of likely N-dealkylation sites (tertiary alicyclic amines) is 1. The Morgan fingerprint density at radius 1 is 1.33 bits per heavy atom. The summed E-state index contributed by atoms with van der Waals surface area (Å²) in [6.45, 7) is 5.07. The Bertz CT molecular complexity index is 194. The number of nitrogens with zero attached hydrogens (tertiary/aromatic N) is 1. The van der Waals surface area contributed by atoms with Gasteiger partial charge in [0.15, 0.2) is 0 Å². The maximum atomic E-state index is 9.89. The van der Waals surface area contributed by atoms with Crippen LogP contribution in [0.2, 0.25) is 0 Å². The lowest BCUT2D eigenvalue weighted by Gasteiger charge is -2.34. The molecule has 0 unspecified atom stereocenters. The van der Waals surface area contributed by atoms with Crippen molar-refractivity contribution in [2.45, 2.75) is 57.2 Å². The third kappa shape index (κ3) is 3.74. The van der Waals surface area contributed by atoms with Crippen LogP contribution in [0.25, 0.3) is 0 Å². The summed E-state index contributed by atoms with van der Waals surface area (Å²) in [5, 5.41) is 13.3. The van der Waals surface area contributed by atoms with Crippen molar-refractivity contribution in [3.8, 4) is 0 Å². The van der Waals surface area contributed by atoms with Gasteiger partial charge in [-0.15, -0.1) is 0 Å². The topological polar surface area (TPSA) is 35.5 Å². The molecule has 3 heteroatoms. The van der Waals surface area contributed by atoms with Crippen LogP contribution in [0.3, 0.4) is 0 Å². The van der Waals surface area contributed by atoms with Crippen LogP contribution in [-0.2, 0) is 0 Å². The van der Waals surface area contributed by atoms with E-state index in [2.05, 4.69) is 17.1 Å². The van der Waals surface area contributed by atoms with Gasteiger partial charge in [0.25, 0.3) is 0 Å². The first kappa shape index (κ1) is 11.4. The zero-order chi connectivity index (χ0) is 10.7. The lowest BCUT2D eigenvalue weighted by Crippen LogP contribution is -2.45. The summed E-state index contributed by atoms with van der Waals surface area (Å²) in [6, 6.07) is 1.37. The number of rotatable bonds is 5. The van der Waals surface area contributed by atoms with Gasteiger partial charge in [-0.1, -0.05) is 6.42 Å². The zero-order valence-electron chi connectivity index (χ0n) is 9.78. The number of aliphatic hydroxyl groups is 1. The lowest BCUT2D eigenvalue weighted by atomic mass is 10.0. The summed E-state index contributed by atoms with van der Waals surface area (Å²) in [5.41, 5.74) is 0. The van der Waals surface area contributed by atoms with E-state index in [1.165, 1.54) is 38.6 Å². The fourth-order valence-corrected chi connectivity index (χ4v) is 2.35. The van der Waals surface area contributed by atoms with Gasteiger partial charge < -0.3 is 10.4 Å². The Labute approximate surface area is 92.8 Å². The molecule has 2 atom stereocenters.